The zero-order chi connectivity index (χ0) is 24.6. The molecule has 4 aliphatic heterocycles. The Balaban J connectivity index is 1.13. The number of rotatable bonds is 2. The van der Waals surface area contributed by atoms with Gasteiger partial charge in [-0.05, 0) is 64.0 Å². The van der Waals surface area contributed by atoms with Gasteiger partial charge in [0.25, 0.3) is 0 Å². The van der Waals surface area contributed by atoms with E-state index in [9.17, 15) is 9.59 Å². The SMILES string of the molecule is CC(C)(C)OC(=O)N1CCN2CC(C(=O)N3CCC4(CC3)CCN(c3ccncc3)CC4)N=C2C1. The van der Waals surface area contributed by atoms with Gasteiger partial charge in [0.05, 0.1) is 13.1 Å². The molecule has 3 saturated heterocycles. The number of likely N-dealkylation sites (tertiary alicyclic amines) is 1. The van der Waals surface area contributed by atoms with Crippen LogP contribution < -0.4 is 4.90 Å². The summed E-state index contributed by atoms with van der Waals surface area (Å²) in [7, 11) is 0. The van der Waals surface area contributed by atoms with Crippen molar-refractivity contribution in [1.82, 2.24) is 19.7 Å². The number of aromatic nitrogens is 1. The zero-order valence-electron chi connectivity index (χ0n) is 21.3. The molecular weight excluding hydrogens is 444 g/mol. The quantitative estimate of drug-likeness (QED) is 0.645. The number of hydrogen-bond donors (Lipinski definition) is 0. The molecule has 0 aromatic carbocycles. The standard InChI is InChI=1S/C26H38N6O3/c1-25(2,3)35-24(34)32-17-16-31-18-21(28-22(31)19-32)23(33)30-14-8-26(9-15-30)6-12-29(13-7-26)20-4-10-27-11-5-20/h4-5,10-11,21H,6-9,12-19H2,1-3H3. The maximum Gasteiger partial charge on any atom is 0.410 e. The maximum absolute atomic E-state index is 13.3. The number of anilines is 1. The van der Waals surface area contributed by atoms with Crippen molar-refractivity contribution in [2.45, 2.75) is 58.1 Å². The molecule has 0 N–H and O–H groups in total. The van der Waals surface area contributed by atoms with Crippen molar-refractivity contribution in [1.29, 1.82) is 0 Å². The molecule has 3 fully saturated rings. The predicted octanol–water partition coefficient (Wildman–Crippen LogP) is 2.62. The van der Waals surface area contributed by atoms with Gasteiger partial charge in [-0.15, -0.1) is 0 Å². The Morgan fingerprint density at radius 1 is 0.914 bits per heavy atom. The van der Waals surface area contributed by atoms with Gasteiger partial charge in [0.1, 0.15) is 17.5 Å². The molecule has 2 amide bonds. The van der Waals surface area contributed by atoms with E-state index in [1.807, 2.05) is 38.1 Å². The zero-order valence-corrected chi connectivity index (χ0v) is 21.3. The van der Waals surface area contributed by atoms with Crippen LogP contribution in [0.2, 0.25) is 0 Å². The molecule has 9 heteroatoms. The number of pyridine rings is 1. The van der Waals surface area contributed by atoms with Gasteiger partial charge in [0.15, 0.2) is 0 Å². The van der Waals surface area contributed by atoms with E-state index >= 15 is 0 Å². The van der Waals surface area contributed by atoms with Crippen LogP contribution in [0, 0.1) is 5.41 Å². The molecule has 35 heavy (non-hydrogen) atoms. The van der Waals surface area contributed by atoms with Crippen LogP contribution in [-0.4, -0.2) is 102 Å². The summed E-state index contributed by atoms with van der Waals surface area (Å²) in [5.41, 5.74) is 1.09. The molecule has 4 aliphatic rings. The number of piperazine rings is 1. The lowest BCUT2D eigenvalue weighted by atomic mass is 9.71. The Labute approximate surface area is 208 Å². The molecule has 1 aromatic rings. The van der Waals surface area contributed by atoms with E-state index in [1.54, 1.807) is 4.90 Å². The Bertz CT molecular complexity index is 957. The first-order valence-corrected chi connectivity index (χ1v) is 12.9. The van der Waals surface area contributed by atoms with Crippen molar-refractivity contribution >= 4 is 23.5 Å². The third-order valence-electron chi connectivity index (χ3n) is 7.96. The van der Waals surface area contributed by atoms with Crippen molar-refractivity contribution in [2.75, 3.05) is 57.3 Å². The van der Waals surface area contributed by atoms with E-state index in [-0.39, 0.29) is 18.0 Å². The molecule has 9 nitrogen and oxygen atoms in total. The van der Waals surface area contributed by atoms with Gasteiger partial charge in [-0.25, -0.2) is 4.79 Å². The highest BCUT2D eigenvalue weighted by Crippen LogP contribution is 2.42. The van der Waals surface area contributed by atoms with E-state index in [0.717, 1.165) is 44.9 Å². The number of fused-ring (bicyclic) bond motifs is 1. The predicted molar refractivity (Wildman–Crippen MR) is 135 cm³/mol. The van der Waals surface area contributed by atoms with Gasteiger partial charge in [-0.3, -0.25) is 19.7 Å². The van der Waals surface area contributed by atoms with E-state index in [0.29, 0.717) is 31.6 Å². The monoisotopic (exact) mass is 482 g/mol. The third-order valence-corrected chi connectivity index (χ3v) is 7.96. The van der Waals surface area contributed by atoms with Crippen molar-refractivity contribution in [3.05, 3.63) is 24.5 Å². The second-order valence-electron chi connectivity index (χ2n) is 11.4. The summed E-state index contributed by atoms with van der Waals surface area (Å²) < 4.78 is 5.51. The van der Waals surface area contributed by atoms with Crippen molar-refractivity contribution < 1.29 is 14.3 Å². The Hall–Kier alpha value is -2.84. The van der Waals surface area contributed by atoms with Gasteiger partial charge in [-0.1, -0.05) is 0 Å². The van der Waals surface area contributed by atoms with Gasteiger partial charge >= 0.3 is 6.09 Å². The lowest BCUT2D eigenvalue weighted by Gasteiger charge is -2.47. The van der Waals surface area contributed by atoms with Crippen molar-refractivity contribution in [2.24, 2.45) is 10.4 Å². The van der Waals surface area contributed by atoms with Gasteiger partial charge in [-0.2, -0.15) is 0 Å². The van der Waals surface area contributed by atoms with Gasteiger partial charge < -0.3 is 19.4 Å². The van der Waals surface area contributed by atoms with Crippen LogP contribution in [0.5, 0.6) is 0 Å². The second kappa shape index (κ2) is 9.32. The summed E-state index contributed by atoms with van der Waals surface area (Å²) in [6.45, 7) is 11.7. The van der Waals surface area contributed by atoms with Crippen LogP contribution in [0.1, 0.15) is 46.5 Å². The Morgan fingerprint density at radius 2 is 1.57 bits per heavy atom. The number of nitrogens with zero attached hydrogens (tertiary/aromatic N) is 6. The van der Waals surface area contributed by atoms with Crippen LogP contribution in [0.3, 0.4) is 0 Å². The molecule has 0 radical (unpaired) electrons. The van der Waals surface area contributed by atoms with Crippen molar-refractivity contribution in [3.8, 4) is 0 Å². The molecule has 190 valence electrons. The number of aliphatic imine (C=N–C) groups is 1. The number of piperidine rings is 2. The van der Waals surface area contributed by atoms with Gasteiger partial charge in [0, 0.05) is 57.3 Å². The first-order chi connectivity index (χ1) is 16.7. The largest absolute Gasteiger partial charge is 0.444 e. The van der Waals surface area contributed by atoms with Crippen LogP contribution in [0.25, 0.3) is 0 Å². The molecule has 0 bridgehead atoms. The third kappa shape index (κ3) is 5.23. The van der Waals surface area contributed by atoms with Crippen LogP contribution >= 0.6 is 0 Å². The molecule has 1 aromatic heterocycles. The summed E-state index contributed by atoms with van der Waals surface area (Å²) >= 11 is 0. The fourth-order valence-corrected chi connectivity index (χ4v) is 5.79. The van der Waals surface area contributed by atoms with Crippen molar-refractivity contribution in [3.63, 3.8) is 0 Å². The normalized spacial score (nSPS) is 24.3. The maximum atomic E-state index is 13.3. The minimum Gasteiger partial charge on any atom is -0.444 e. The minimum absolute atomic E-state index is 0.139. The fourth-order valence-electron chi connectivity index (χ4n) is 5.79. The summed E-state index contributed by atoms with van der Waals surface area (Å²) in [4.78, 5) is 43.0. The lowest BCUT2D eigenvalue weighted by molar-refractivity contribution is -0.135. The highest BCUT2D eigenvalue weighted by molar-refractivity contribution is 5.94. The molecule has 5 rings (SSSR count). The number of ether oxygens (including phenoxy) is 1. The molecule has 1 spiro atoms. The van der Waals surface area contributed by atoms with E-state index < -0.39 is 5.60 Å². The topological polar surface area (TPSA) is 81.6 Å². The lowest BCUT2D eigenvalue weighted by Crippen LogP contribution is -2.52. The van der Waals surface area contributed by atoms with E-state index in [4.69, 9.17) is 9.73 Å². The first-order valence-electron chi connectivity index (χ1n) is 12.9. The highest BCUT2D eigenvalue weighted by Gasteiger charge is 2.42. The number of amides is 2. The number of amidine groups is 1. The fraction of sp³-hybridized carbons (Fsp3) is 0.692. The average molecular weight is 483 g/mol. The molecule has 0 saturated carbocycles. The first kappa shape index (κ1) is 23.9. The van der Waals surface area contributed by atoms with Crippen LogP contribution in [0.4, 0.5) is 10.5 Å². The molecule has 1 unspecified atom stereocenters. The average Bonchev–Trinajstić information content (AvgIpc) is 3.28. The number of carbonyl (C=O) groups is 2. The molecular formula is C26H38N6O3. The number of carbonyl (C=O) groups excluding carboxylic acids is 2. The second-order valence-corrected chi connectivity index (χ2v) is 11.4. The van der Waals surface area contributed by atoms with Crippen LogP contribution in [-0.2, 0) is 9.53 Å². The minimum atomic E-state index is -0.522. The van der Waals surface area contributed by atoms with Gasteiger partial charge in [0.2, 0.25) is 5.91 Å². The van der Waals surface area contributed by atoms with E-state index in [1.165, 1.54) is 18.5 Å². The summed E-state index contributed by atoms with van der Waals surface area (Å²) in [5, 5.41) is 0. The molecule has 5 heterocycles. The molecule has 0 aliphatic carbocycles. The summed E-state index contributed by atoms with van der Waals surface area (Å²) in [6, 6.07) is 3.82. The highest BCUT2D eigenvalue weighted by atomic mass is 16.6. The Morgan fingerprint density at radius 3 is 2.23 bits per heavy atom. The Kier molecular flexibility index (Phi) is 6.36. The smallest absolute Gasteiger partial charge is 0.410 e. The molecule has 1 atom stereocenters. The summed E-state index contributed by atoms with van der Waals surface area (Å²) in [5.74, 6) is 0.970. The van der Waals surface area contributed by atoms with Crippen LogP contribution in [0.15, 0.2) is 29.5 Å². The van der Waals surface area contributed by atoms with E-state index in [2.05, 4.69) is 26.9 Å². The number of hydrogen-bond acceptors (Lipinski definition) is 7. The summed E-state index contributed by atoms with van der Waals surface area (Å²) in [6.07, 6.45) is 7.90.